The Bertz CT molecular complexity index is 1140. The highest BCUT2D eigenvalue weighted by atomic mass is 16.5. The van der Waals surface area contributed by atoms with E-state index in [4.69, 9.17) is 28.4 Å². The highest BCUT2D eigenvalue weighted by Crippen LogP contribution is 2.28. The molecule has 1 aliphatic carbocycles. The van der Waals surface area contributed by atoms with Crippen molar-refractivity contribution in [1.29, 1.82) is 0 Å². The van der Waals surface area contributed by atoms with Crippen molar-refractivity contribution in [2.24, 2.45) is 5.92 Å². The van der Waals surface area contributed by atoms with Crippen LogP contribution in [0.15, 0.2) is 86.4 Å². The first-order valence-corrected chi connectivity index (χ1v) is 13.6. The molecular formula is C32H38O10. The van der Waals surface area contributed by atoms with E-state index in [1.54, 1.807) is 24.3 Å². The number of hydrogen-bond acceptors (Lipinski definition) is 10. The van der Waals surface area contributed by atoms with E-state index in [1.165, 1.54) is 12.2 Å². The maximum absolute atomic E-state index is 12.5. The van der Waals surface area contributed by atoms with E-state index in [9.17, 15) is 19.2 Å². The molecule has 10 heteroatoms. The van der Waals surface area contributed by atoms with Crippen molar-refractivity contribution in [2.45, 2.75) is 44.6 Å². The van der Waals surface area contributed by atoms with Crippen LogP contribution >= 0.6 is 0 Å². The Hall–Kier alpha value is -4.44. The number of allylic oxidation sites excluding steroid dienone is 2. The van der Waals surface area contributed by atoms with Gasteiger partial charge in [-0.3, -0.25) is 4.79 Å². The summed E-state index contributed by atoms with van der Waals surface area (Å²) in [7, 11) is 0. The maximum Gasteiger partial charge on any atom is 0.343 e. The minimum atomic E-state index is -0.619. The smallest absolute Gasteiger partial charge is 0.343 e. The number of rotatable bonds is 18. The molecule has 0 unspecified atom stereocenters. The third kappa shape index (κ3) is 13.3. The van der Waals surface area contributed by atoms with Crippen molar-refractivity contribution < 1.29 is 47.6 Å². The average molecular weight is 583 g/mol. The normalized spacial score (nSPS) is 16.1. The van der Waals surface area contributed by atoms with Crippen LogP contribution in [0.3, 0.4) is 0 Å². The molecule has 0 atom stereocenters. The van der Waals surface area contributed by atoms with Crippen LogP contribution in [0, 0.1) is 5.92 Å². The first-order valence-electron chi connectivity index (χ1n) is 13.6. The number of esters is 4. The molecule has 1 aromatic carbocycles. The van der Waals surface area contributed by atoms with Gasteiger partial charge in [0.1, 0.15) is 17.3 Å². The van der Waals surface area contributed by atoms with Gasteiger partial charge in [-0.1, -0.05) is 26.3 Å². The summed E-state index contributed by atoms with van der Waals surface area (Å²) in [5.74, 6) is -1.50. The summed E-state index contributed by atoms with van der Waals surface area (Å²) in [5, 5.41) is 0. The summed E-state index contributed by atoms with van der Waals surface area (Å²) in [5.41, 5.74) is 0.290. The summed E-state index contributed by atoms with van der Waals surface area (Å²) >= 11 is 0. The molecule has 1 aliphatic rings. The Labute approximate surface area is 246 Å². The SMILES string of the molecule is C=CC(=O)OCCCOc1ccc(C(=O)OC(=C)/C=C\C(=C)OC(=O)C2CCC(OCCCOC(=O)C=C)CC2)cc1. The van der Waals surface area contributed by atoms with Crippen LogP contribution in [0.2, 0.25) is 0 Å². The van der Waals surface area contributed by atoms with Gasteiger partial charge in [0.05, 0.1) is 44.0 Å². The summed E-state index contributed by atoms with van der Waals surface area (Å²) in [6.45, 7) is 15.4. The van der Waals surface area contributed by atoms with E-state index >= 15 is 0 Å². The fraction of sp³-hybridized carbons (Fsp3) is 0.375. The van der Waals surface area contributed by atoms with Gasteiger partial charge < -0.3 is 28.4 Å². The van der Waals surface area contributed by atoms with Crippen molar-refractivity contribution in [3.63, 3.8) is 0 Å². The summed E-state index contributed by atoms with van der Waals surface area (Å²) < 4.78 is 31.7. The second kappa shape index (κ2) is 18.8. The molecule has 1 aromatic rings. The summed E-state index contributed by atoms with van der Waals surface area (Å²) in [6, 6.07) is 6.34. The van der Waals surface area contributed by atoms with Crippen molar-refractivity contribution in [3.8, 4) is 5.75 Å². The molecule has 0 spiro atoms. The van der Waals surface area contributed by atoms with Crippen LogP contribution in [0.25, 0.3) is 0 Å². The highest BCUT2D eigenvalue weighted by Gasteiger charge is 2.28. The van der Waals surface area contributed by atoms with Crippen molar-refractivity contribution in [1.82, 2.24) is 0 Å². The lowest BCUT2D eigenvalue weighted by molar-refractivity contribution is -0.146. The third-order valence-corrected chi connectivity index (χ3v) is 6.03. The zero-order valence-corrected chi connectivity index (χ0v) is 23.8. The lowest BCUT2D eigenvalue weighted by Crippen LogP contribution is -2.27. The summed E-state index contributed by atoms with van der Waals surface area (Å²) in [4.78, 5) is 46.9. The van der Waals surface area contributed by atoms with E-state index in [1.807, 2.05) is 0 Å². The molecule has 0 aromatic heterocycles. The second-order valence-corrected chi connectivity index (χ2v) is 9.24. The Balaban J connectivity index is 1.64. The lowest BCUT2D eigenvalue weighted by Gasteiger charge is -2.27. The molecule has 42 heavy (non-hydrogen) atoms. The predicted molar refractivity (Wildman–Crippen MR) is 154 cm³/mol. The second-order valence-electron chi connectivity index (χ2n) is 9.24. The van der Waals surface area contributed by atoms with Crippen LogP contribution in [0.4, 0.5) is 0 Å². The van der Waals surface area contributed by atoms with Crippen LogP contribution in [0.1, 0.15) is 48.9 Å². The fourth-order valence-corrected chi connectivity index (χ4v) is 3.82. The van der Waals surface area contributed by atoms with E-state index in [0.717, 1.165) is 25.0 Å². The van der Waals surface area contributed by atoms with Gasteiger partial charge in [0.25, 0.3) is 0 Å². The Morgan fingerprint density at radius 1 is 0.738 bits per heavy atom. The van der Waals surface area contributed by atoms with Crippen LogP contribution < -0.4 is 4.74 Å². The quantitative estimate of drug-likeness (QED) is 0.0572. The lowest BCUT2D eigenvalue weighted by atomic mass is 9.87. The van der Waals surface area contributed by atoms with E-state index < -0.39 is 17.9 Å². The van der Waals surface area contributed by atoms with Crippen molar-refractivity contribution >= 4 is 23.9 Å². The Morgan fingerprint density at radius 3 is 1.86 bits per heavy atom. The molecule has 0 heterocycles. The standard InChI is InChI=1S/C32H38O10/c1-5-29(33)39-21-7-19-37-27-15-11-25(12-16-27)31(35)41-23(3)9-10-24(4)42-32(36)26-13-17-28(18-14-26)38-20-8-22-40-30(34)6-2/h5-6,9-12,15-16,26,28H,1-4,7-8,13-14,17-22H2/b10-9-. The number of ether oxygens (including phenoxy) is 6. The van der Waals surface area contributed by atoms with Gasteiger partial charge in [0.15, 0.2) is 0 Å². The number of carbonyl (C=O) groups is 4. The fourth-order valence-electron chi connectivity index (χ4n) is 3.82. The monoisotopic (exact) mass is 582 g/mol. The minimum absolute atomic E-state index is 0.0449. The van der Waals surface area contributed by atoms with Crippen LogP contribution in [0.5, 0.6) is 5.75 Å². The van der Waals surface area contributed by atoms with Gasteiger partial charge in [-0.25, -0.2) is 14.4 Å². The molecule has 0 saturated heterocycles. The van der Waals surface area contributed by atoms with Gasteiger partial charge in [0, 0.05) is 25.0 Å². The minimum Gasteiger partial charge on any atom is -0.493 e. The van der Waals surface area contributed by atoms with Gasteiger partial charge in [-0.2, -0.15) is 0 Å². The van der Waals surface area contributed by atoms with Gasteiger partial charge >= 0.3 is 23.9 Å². The number of carbonyl (C=O) groups excluding carboxylic acids is 4. The maximum atomic E-state index is 12.5. The average Bonchev–Trinajstić information content (AvgIpc) is 2.99. The first-order chi connectivity index (χ1) is 20.2. The molecule has 0 N–H and O–H groups in total. The summed E-state index contributed by atoms with van der Waals surface area (Å²) in [6.07, 6.45) is 8.87. The molecule has 0 amide bonds. The largest absolute Gasteiger partial charge is 0.493 e. The molecule has 226 valence electrons. The van der Waals surface area contributed by atoms with E-state index in [-0.39, 0.29) is 48.3 Å². The Kier molecular flexibility index (Phi) is 15.1. The zero-order valence-electron chi connectivity index (χ0n) is 23.8. The molecule has 0 aliphatic heterocycles. The molecule has 0 radical (unpaired) electrons. The van der Waals surface area contributed by atoms with Gasteiger partial charge in [0.2, 0.25) is 0 Å². The van der Waals surface area contributed by atoms with E-state index in [2.05, 4.69) is 26.3 Å². The van der Waals surface area contributed by atoms with Crippen LogP contribution in [-0.2, 0) is 38.1 Å². The topological polar surface area (TPSA) is 124 Å². The number of benzene rings is 1. The molecule has 10 nitrogen and oxygen atoms in total. The Morgan fingerprint density at radius 2 is 1.29 bits per heavy atom. The number of hydrogen-bond donors (Lipinski definition) is 0. The zero-order chi connectivity index (χ0) is 30.7. The molecule has 0 bridgehead atoms. The highest BCUT2D eigenvalue weighted by molar-refractivity contribution is 5.90. The van der Waals surface area contributed by atoms with E-state index in [0.29, 0.717) is 44.6 Å². The molecular weight excluding hydrogens is 544 g/mol. The molecule has 1 saturated carbocycles. The van der Waals surface area contributed by atoms with Crippen molar-refractivity contribution in [2.75, 3.05) is 26.4 Å². The first kappa shape index (κ1) is 33.8. The predicted octanol–water partition coefficient (Wildman–Crippen LogP) is 5.16. The molecule has 2 rings (SSSR count). The molecule has 1 fully saturated rings. The van der Waals surface area contributed by atoms with Gasteiger partial charge in [-0.15, -0.1) is 0 Å². The third-order valence-electron chi connectivity index (χ3n) is 6.03. The van der Waals surface area contributed by atoms with Crippen LogP contribution in [-0.4, -0.2) is 56.4 Å². The van der Waals surface area contributed by atoms with Crippen molar-refractivity contribution in [3.05, 3.63) is 92.0 Å². The van der Waals surface area contributed by atoms with Gasteiger partial charge in [-0.05, 0) is 62.1 Å².